The fourth-order valence-corrected chi connectivity index (χ4v) is 4.71. The summed E-state index contributed by atoms with van der Waals surface area (Å²) in [5.41, 5.74) is 5.46. The molecule has 0 aliphatic carbocycles. The molecule has 26 heavy (non-hydrogen) atoms. The number of nitriles is 1. The Hall–Kier alpha value is -1.37. The standard InChI is InChI=1S/C16H21ClN4O3S.ClH/c17-15-5-4-14(9-12(15)10-19)25(23,24)21-8-2-1-3-13(21)11-20-16(22)6-7-18;/h4-5,9,13H,1-3,6-8,11,18H2,(H,20,22);1H. The van der Waals surface area contributed by atoms with Gasteiger partial charge in [0.2, 0.25) is 15.9 Å². The second-order valence-corrected chi connectivity index (χ2v) is 8.16. The van der Waals surface area contributed by atoms with Crippen molar-refractivity contribution >= 4 is 39.9 Å². The number of carbonyl (C=O) groups is 1. The summed E-state index contributed by atoms with van der Waals surface area (Å²) < 4.78 is 27.4. The van der Waals surface area contributed by atoms with Crippen LogP contribution in [0.5, 0.6) is 0 Å². The Bertz CT molecular complexity index is 780. The van der Waals surface area contributed by atoms with Gasteiger partial charge in [-0.15, -0.1) is 12.4 Å². The number of hydrogen-bond acceptors (Lipinski definition) is 5. The molecule has 1 fully saturated rings. The van der Waals surface area contributed by atoms with Crippen molar-refractivity contribution in [3.05, 3.63) is 28.8 Å². The van der Waals surface area contributed by atoms with Crippen molar-refractivity contribution in [1.82, 2.24) is 9.62 Å². The zero-order valence-electron chi connectivity index (χ0n) is 14.2. The van der Waals surface area contributed by atoms with Crippen LogP contribution < -0.4 is 11.1 Å². The lowest BCUT2D eigenvalue weighted by atomic mass is 10.1. The van der Waals surface area contributed by atoms with Crippen molar-refractivity contribution in [2.75, 3.05) is 19.6 Å². The van der Waals surface area contributed by atoms with Crippen LogP contribution in [0.2, 0.25) is 5.02 Å². The van der Waals surface area contributed by atoms with E-state index in [0.717, 1.165) is 12.8 Å². The number of halogens is 2. The van der Waals surface area contributed by atoms with E-state index in [-0.39, 0.29) is 59.3 Å². The minimum Gasteiger partial charge on any atom is -0.354 e. The minimum atomic E-state index is -3.77. The average molecular weight is 421 g/mol. The van der Waals surface area contributed by atoms with Gasteiger partial charge >= 0.3 is 0 Å². The summed E-state index contributed by atoms with van der Waals surface area (Å²) in [6, 6.07) is 5.67. The summed E-state index contributed by atoms with van der Waals surface area (Å²) >= 11 is 5.89. The first-order valence-corrected chi connectivity index (χ1v) is 9.90. The molecule has 1 unspecified atom stereocenters. The molecule has 7 nitrogen and oxygen atoms in total. The third-order valence-corrected chi connectivity index (χ3v) is 6.42. The van der Waals surface area contributed by atoms with Gasteiger partial charge in [0.05, 0.1) is 15.5 Å². The molecule has 1 amide bonds. The molecule has 10 heteroatoms. The molecular weight excluding hydrogens is 399 g/mol. The molecule has 1 saturated heterocycles. The third-order valence-electron chi connectivity index (χ3n) is 4.14. The van der Waals surface area contributed by atoms with Crippen molar-refractivity contribution in [2.24, 2.45) is 5.73 Å². The fourth-order valence-electron chi connectivity index (χ4n) is 2.83. The van der Waals surface area contributed by atoms with Gasteiger partial charge in [0, 0.05) is 32.1 Å². The number of benzene rings is 1. The predicted molar refractivity (Wildman–Crippen MR) is 102 cm³/mol. The highest BCUT2D eigenvalue weighted by molar-refractivity contribution is 7.89. The van der Waals surface area contributed by atoms with Gasteiger partial charge in [0.25, 0.3) is 0 Å². The number of piperidine rings is 1. The van der Waals surface area contributed by atoms with Crippen LogP contribution in [0.1, 0.15) is 31.2 Å². The van der Waals surface area contributed by atoms with Crippen LogP contribution in [0.4, 0.5) is 0 Å². The molecule has 0 radical (unpaired) electrons. The van der Waals surface area contributed by atoms with Gasteiger partial charge in [0.1, 0.15) is 6.07 Å². The van der Waals surface area contributed by atoms with Crippen molar-refractivity contribution in [1.29, 1.82) is 5.26 Å². The summed E-state index contributed by atoms with van der Waals surface area (Å²) in [7, 11) is -3.77. The van der Waals surface area contributed by atoms with Gasteiger partial charge in [-0.3, -0.25) is 4.79 Å². The van der Waals surface area contributed by atoms with Gasteiger partial charge in [-0.1, -0.05) is 18.0 Å². The van der Waals surface area contributed by atoms with E-state index in [0.29, 0.717) is 13.0 Å². The zero-order valence-corrected chi connectivity index (χ0v) is 16.5. The van der Waals surface area contributed by atoms with Crippen molar-refractivity contribution in [3.8, 4) is 6.07 Å². The molecule has 144 valence electrons. The van der Waals surface area contributed by atoms with Crippen molar-refractivity contribution in [3.63, 3.8) is 0 Å². The van der Waals surface area contributed by atoms with Gasteiger partial charge in [-0.25, -0.2) is 8.42 Å². The highest BCUT2D eigenvalue weighted by atomic mass is 35.5. The Morgan fingerprint density at radius 2 is 2.15 bits per heavy atom. The molecule has 1 aliphatic rings. The number of nitrogens with zero attached hydrogens (tertiary/aromatic N) is 2. The lowest BCUT2D eigenvalue weighted by Crippen LogP contribution is -2.49. The first kappa shape index (κ1) is 22.7. The fraction of sp³-hybridized carbons (Fsp3) is 0.500. The van der Waals surface area contributed by atoms with Crippen LogP contribution in [0.3, 0.4) is 0 Å². The van der Waals surface area contributed by atoms with Gasteiger partial charge in [-0.05, 0) is 31.0 Å². The number of hydrogen-bond donors (Lipinski definition) is 2. The molecule has 0 spiro atoms. The summed E-state index contributed by atoms with van der Waals surface area (Å²) in [4.78, 5) is 11.7. The highest BCUT2D eigenvalue weighted by Crippen LogP contribution is 2.27. The van der Waals surface area contributed by atoms with Gasteiger partial charge < -0.3 is 11.1 Å². The van der Waals surface area contributed by atoms with E-state index in [1.54, 1.807) is 0 Å². The average Bonchev–Trinajstić information content (AvgIpc) is 2.60. The van der Waals surface area contributed by atoms with Gasteiger partial charge in [-0.2, -0.15) is 9.57 Å². The topological polar surface area (TPSA) is 116 Å². The maximum Gasteiger partial charge on any atom is 0.243 e. The monoisotopic (exact) mass is 420 g/mol. The Morgan fingerprint density at radius 3 is 2.81 bits per heavy atom. The van der Waals surface area contributed by atoms with Gasteiger partial charge in [0.15, 0.2) is 0 Å². The smallest absolute Gasteiger partial charge is 0.243 e. The summed E-state index contributed by atoms with van der Waals surface area (Å²) in [6.45, 7) is 0.876. The molecule has 1 aromatic carbocycles. The molecular formula is C16H22Cl2N4O3S. The molecule has 0 saturated carbocycles. The minimum absolute atomic E-state index is 0. The van der Waals surface area contributed by atoms with E-state index in [2.05, 4.69) is 5.32 Å². The van der Waals surface area contributed by atoms with E-state index in [1.165, 1.54) is 22.5 Å². The van der Waals surface area contributed by atoms with E-state index in [9.17, 15) is 13.2 Å². The molecule has 0 bridgehead atoms. The number of rotatable bonds is 6. The van der Waals surface area contributed by atoms with Crippen LogP contribution >= 0.6 is 24.0 Å². The number of nitrogens with two attached hydrogens (primary N) is 1. The number of nitrogens with one attached hydrogen (secondary N) is 1. The summed E-state index contributed by atoms with van der Waals surface area (Å²) in [5.74, 6) is -0.191. The molecule has 3 N–H and O–H groups in total. The number of amides is 1. The largest absolute Gasteiger partial charge is 0.354 e. The lowest BCUT2D eigenvalue weighted by Gasteiger charge is -2.34. The molecule has 1 aliphatic heterocycles. The Morgan fingerprint density at radius 1 is 1.42 bits per heavy atom. The van der Waals surface area contributed by atoms with E-state index in [1.807, 2.05) is 6.07 Å². The van der Waals surface area contributed by atoms with Crippen LogP contribution in [-0.4, -0.2) is 44.3 Å². The van der Waals surface area contributed by atoms with Crippen molar-refractivity contribution < 1.29 is 13.2 Å². The van der Waals surface area contributed by atoms with E-state index < -0.39 is 10.0 Å². The maximum absolute atomic E-state index is 13.0. The molecule has 2 rings (SSSR count). The third kappa shape index (κ3) is 5.32. The quantitative estimate of drug-likeness (QED) is 0.725. The maximum atomic E-state index is 13.0. The van der Waals surface area contributed by atoms with Crippen LogP contribution in [0.15, 0.2) is 23.1 Å². The van der Waals surface area contributed by atoms with Crippen molar-refractivity contribution in [2.45, 2.75) is 36.6 Å². The first-order chi connectivity index (χ1) is 11.9. The molecule has 1 atom stereocenters. The normalized spacial score (nSPS) is 17.8. The molecule has 0 aromatic heterocycles. The summed E-state index contributed by atoms with van der Waals surface area (Å²) in [6.07, 6.45) is 2.53. The van der Waals surface area contributed by atoms with Crippen LogP contribution in [0.25, 0.3) is 0 Å². The second kappa shape index (κ2) is 10.1. The second-order valence-electron chi connectivity index (χ2n) is 5.86. The van der Waals surface area contributed by atoms with E-state index >= 15 is 0 Å². The Balaban J connectivity index is 0.00000338. The SMILES string of the molecule is Cl.N#Cc1cc(S(=O)(=O)N2CCCCC2CNC(=O)CCN)ccc1Cl. The molecule has 1 aromatic rings. The Kier molecular flexibility index (Phi) is 8.80. The highest BCUT2D eigenvalue weighted by Gasteiger charge is 2.33. The predicted octanol–water partition coefficient (Wildman–Crippen LogP) is 1.64. The first-order valence-electron chi connectivity index (χ1n) is 8.08. The Labute approximate surface area is 164 Å². The summed E-state index contributed by atoms with van der Waals surface area (Å²) in [5, 5.41) is 12.0. The van der Waals surface area contributed by atoms with Crippen LogP contribution in [-0.2, 0) is 14.8 Å². The van der Waals surface area contributed by atoms with Crippen LogP contribution in [0, 0.1) is 11.3 Å². The number of sulfonamides is 1. The number of carbonyl (C=O) groups excluding carboxylic acids is 1. The molecule has 1 heterocycles. The lowest BCUT2D eigenvalue weighted by molar-refractivity contribution is -0.121. The van der Waals surface area contributed by atoms with E-state index in [4.69, 9.17) is 22.6 Å². The zero-order chi connectivity index (χ0) is 18.4.